The monoisotopic (exact) mass is 469 g/mol. The summed E-state index contributed by atoms with van der Waals surface area (Å²) in [7, 11) is 3.48. The first-order valence-electron chi connectivity index (χ1n) is 11.9. The predicted molar refractivity (Wildman–Crippen MR) is 132 cm³/mol. The molecule has 0 bridgehead atoms. The van der Waals surface area contributed by atoms with E-state index in [0.29, 0.717) is 22.6 Å². The standard InChI is InChI=1S/C27H27N5O3/c1-32-15-18(14-28-32)20-8-7-16(9-23(20)35-2)25(33)29-19-12-27(13-19)10-17(11-27)24-21-5-3-4-6-22(21)26(34)31-30-24/h3-9,14-15,17,19H,10-13H2,1-2H3,(H,29,33)(H,31,34). The van der Waals surface area contributed by atoms with E-state index in [0.717, 1.165) is 47.9 Å². The lowest BCUT2D eigenvalue weighted by atomic mass is 9.49. The van der Waals surface area contributed by atoms with Gasteiger partial charge < -0.3 is 10.1 Å². The Morgan fingerprint density at radius 3 is 2.63 bits per heavy atom. The van der Waals surface area contributed by atoms with E-state index in [1.807, 2.05) is 49.6 Å². The van der Waals surface area contributed by atoms with Crippen LogP contribution in [-0.2, 0) is 7.05 Å². The van der Waals surface area contributed by atoms with E-state index in [1.54, 1.807) is 24.1 Å². The normalized spacial score (nSPS) is 23.0. The molecule has 1 amide bonds. The van der Waals surface area contributed by atoms with E-state index in [9.17, 15) is 9.59 Å². The summed E-state index contributed by atoms with van der Waals surface area (Å²) in [4.78, 5) is 25.0. The van der Waals surface area contributed by atoms with E-state index in [2.05, 4.69) is 20.6 Å². The zero-order valence-electron chi connectivity index (χ0n) is 19.7. The van der Waals surface area contributed by atoms with Crippen molar-refractivity contribution in [2.75, 3.05) is 7.11 Å². The van der Waals surface area contributed by atoms with Gasteiger partial charge in [0.1, 0.15) is 5.75 Å². The second-order valence-electron chi connectivity index (χ2n) is 9.99. The molecule has 0 radical (unpaired) electrons. The van der Waals surface area contributed by atoms with Crippen LogP contribution in [0, 0.1) is 5.41 Å². The highest BCUT2D eigenvalue weighted by molar-refractivity contribution is 5.96. The van der Waals surface area contributed by atoms with Crippen molar-refractivity contribution >= 4 is 16.7 Å². The Labute approximate surface area is 202 Å². The molecule has 0 unspecified atom stereocenters. The quantitative estimate of drug-likeness (QED) is 0.463. The number of benzene rings is 2. The maximum atomic E-state index is 12.9. The number of hydrogen-bond donors (Lipinski definition) is 2. The second-order valence-corrected chi connectivity index (χ2v) is 9.99. The van der Waals surface area contributed by atoms with E-state index in [1.165, 1.54) is 0 Å². The van der Waals surface area contributed by atoms with Crippen molar-refractivity contribution in [3.05, 3.63) is 76.5 Å². The third-order valence-corrected chi connectivity index (χ3v) is 7.64. The summed E-state index contributed by atoms with van der Waals surface area (Å²) < 4.78 is 7.29. The van der Waals surface area contributed by atoms with Crippen LogP contribution < -0.4 is 15.6 Å². The first kappa shape index (κ1) is 21.6. The minimum absolute atomic E-state index is 0.0787. The van der Waals surface area contributed by atoms with Gasteiger partial charge in [0.2, 0.25) is 0 Å². The van der Waals surface area contributed by atoms with Gasteiger partial charge in [0, 0.05) is 47.3 Å². The summed E-state index contributed by atoms with van der Waals surface area (Å²) in [6.07, 6.45) is 7.72. The molecule has 2 heterocycles. The number of aromatic nitrogens is 4. The van der Waals surface area contributed by atoms with Crippen LogP contribution in [0.2, 0.25) is 0 Å². The van der Waals surface area contributed by atoms with Crippen LogP contribution in [0.15, 0.2) is 59.7 Å². The Morgan fingerprint density at radius 2 is 1.91 bits per heavy atom. The molecule has 0 atom stereocenters. The molecule has 2 aromatic carbocycles. The largest absolute Gasteiger partial charge is 0.496 e. The summed E-state index contributed by atoms with van der Waals surface area (Å²) in [6.45, 7) is 0. The maximum Gasteiger partial charge on any atom is 0.272 e. The van der Waals surface area contributed by atoms with Crippen LogP contribution in [0.5, 0.6) is 5.75 Å². The Morgan fingerprint density at radius 1 is 1.14 bits per heavy atom. The molecule has 2 saturated carbocycles. The molecule has 35 heavy (non-hydrogen) atoms. The number of carbonyl (C=O) groups is 1. The minimum Gasteiger partial charge on any atom is -0.496 e. The van der Waals surface area contributed by atoms with Crippen LogP contribution in [0.4, 0.5) is 0 Å². The first-order chi connectivity index (χ1) is 16.9. The Kier molecular flexibility index (Phi) is 4.98. The minimum atomic E-state index is -0.144. The van der Waals surface area contributed by atoms with Crippen LogP contribution in [-0.4, -0.2) is 39.0 Å². The molecule has 0 saturated heterocycles. The van der Waals surface area contributed by atoms with Gasteiger partial charge in [-0.1, -0.05) is 18.2 Å². The highest BCUT2D eigenvalue weighted by atomic mass is 16.5. The number of carbonyl (C=O) groups excluding carboxylic acids is 1. The lowest BCUT2D eigenvalue weighted by molar-refractivity contribution is -0.0196. The average molecular weight is 470 g/mol. The van der Waals surface area contributed by atoms with Crippen molar-refractivity contribution in [2.24, 2.45) is 12.5 Å². The van der Waals surface area contributed by atoms with Gasteiger partial charge in [-0.05, 0) is 55.4 Å². The predicted octanol–water partition coefficient (Wildman–Crippen LogP) is 3.79. The van der Waals surface area contributed by atoms with Gasteiger partial charge in [0.15, 0.2) is 0 Å². The summed E-state index contributed by atoms with van der Waals surface area (Å²) in [6, 6.07) is 13.4. The van der Waals surface area contributed by atoms with E-state index in [-0.39, 0.29) is 22.9 Å². The second kappa shape index (κ2) is 8.08. The number of hydrogen-bond acceptors (Lipinski definition) is 5. The van der Waals surface area contributed by atoms with Crippen molar-refractivity contribution < 1.29 is 9.53 Å². The number of fused-ring (bicyclic) bond motifs is 1. The zero-order valence-corrected chi connectivity index (χ0v) is 19.7. The van der Waals surface area contributed by atoms with Crippen molar-refractivity contribution in [1.29, 1.82) is 0 Å². The molecule has 2 aliphatic carbocycles. The fourth-order valence-corrected chi connectivity index (χ4v) is 5.95. The van der Waals surface area contributed by atoms with Gasteiger partial charge in [0.05, 0.1) is 24.4 Å². The lowest BCUT2D eigenvalue weighted by Crippen LogP contribution is -2.55. The molecule has 2 aliphatic rings. The van der Waals surface area contributed by atoms with Gasteiger partial charge in [-0.2, -0.15) is 10.2 Å². The molecule has 6 rings (SSSR count). The highest BCUT2D eigenvalue weighted by Gasteiger charge is 2.54. The van der Waals surface area contributed by atoms with E-state index in [4.69, 9.17) is 4.74 Å². The summed E-state index contributed by atoms with van der Waals surface area (Å²) in [5.41, 5.74) is 3.55. The number of amides is 1. The molecular formula is C27H27N5O3. The molecule has 2 N–H and O–H groups in total. The number of aromatic amines is 1. The van der Waals surface area contributed by atoms with Crippen molar-refractivity contribution in [1.82, 2.24) is 25.3 Å². The van der Waals surface area contributed by atoms with Crippen LogP contribution >= 0.6 is 0 Å². The Balaban J connectivity index is 1.09. The number of nitrogens with one attached hydrogen (secondary N) is 2. The van der Waals surface area contributed by atoms with Crippen LogP contribution in [0.1, 0.15) is 47.7 Å². The molecule has 2 fully saturated rings. The number of methoxy groups -OCH3 is 1. The number of H-pyrrole nitrogens is 1. The van der Waals surface area contributed by atoms with Gasteiger partial charge in [0.25, 0.3) is 11.5 Å². The van der Waals surface area contributed by atoms with Gasteiger partial charge in [-0.3, -0.25) is 14.3 Å². The smallest absolute Gasteiger partial charge is 0.272 e. The molecule has 4 aromatic rings. The number of ether oxygens (including phenoxy) is 1. The average Bonchev–Trinajstić information content (AvgIpc) is 3.26. The van der Waals surface area contributed by atoms with Gasteiger partial charge >= 0.3 is 0 Å². The summed E-state index contributed by atoms with van der Waals surface area (Å²) >= 11 is 0. The fraction of sp³-hybridized carbons (Fsp3) is 0.333. The molecule has 2 aromatic heterocycles. The molecule has 1 spiro atoms. The molecule has 8 heteroatoms. The molecular weight excluding hydrogens is 442 g/mol. The van der Waals surface area contributed by atoms with Gasteiger partial charge in [-0.15, -0.1) is 0 Å². The summed E-state index contributed by atoms with van der Waals surface area (Å²) in [5.74, 6) is 0.918. The Bertz CT molecular complexity index is 1490. The number of aryl methyl sites for hydroxylation is 1. The van der Waals surface area contributed by atoms with Crippen LogP contribution in [0.25, 0.3) is 21.9 Å². The lowest BCUT2D eigenvalue weighted by Gasteiger charge is -2.57. The van der Waals surface area contributed by atoms with Crippen molar-refractivity contribution in [2.45, 2.75) is 37.6 Å². The zero-order chi connectivity index (χ0) is 24.2. The highest BCUT2D eigenvalue weighted by Crippen LogP contribution is 2.62. The first-order valence-corrected chi connectivity index (χ1v) is 11.9. The number of nitrogens with zero attached hydrogens (tertiary/aromatic N) is 3. The number of rotatable bonds is 5. The maximum absolute atomic E-state index is 12.9. The third kappa shape index (κ3) is 3.69. The van der Waals surface area contributed by atoms with E-state index >= 15 is 0 Å². The molecule has 178 valence electrons. The van der Waals surface area contributed by atoms with E-state index < -0.39 is 0 Å². The van der Waals surface area contributed by atoms with Crippen LogP contribution in [0.3, 0.4) is 0 Å². The Hall–Kier alpha value is -3.94. The fourth-order valence-electron chi connectivity index (χ4n) is 5.95. The summed E-state index contributed by atoms with van der Waals surface area (Å²) in [5, 5.41) is 16.1. The SMILES string of the molecule is COc1cc(C(=O)NC2CC3(C2)CC(c2n[nH]c(=O)c4ccccc24)C3)ccc1-c1cnn(C)c1. The van der Waals surface area contributed by atoms with Crippen molar-refractivity contribution in [3.8, 4) is 16.9 Å². The van der Waals surface area contributed by atoms with Gasteiger partial charge in [-0.25, -0.2) is 5.10 Å². The third-order valence-electron chi connectivity index (χ3n) is 7.64. The van der Waals surface area contributed by atoms with Crippen molar-refractivity contribution in [3.63, 3.8) is 0 Å². The molecule has 8 nitrogen and oxygen atoms in total. The molecule has 0 aliphatic heterocycles. The topological polar surface area (TPSA) is 102 Å².